The maximum Gasteiger partial charge on any atom is 0.221 e. The summed E-state index contributed by atoms with van der Waals surface area (Å²) >= 11 is 0. The molecule has 1 aromatic rings. The van der Waals surface area contributed by atoms with E-state index in [4.69, 9.17) is 0 Å². The van der Waals surface area contributed by atoms with E-state index in [0.717, 1.165) is 26.1 Å². The number of nitrogens with zero attached hydrogens (tertiary/aromatic N) is 1. The zero-order valence-electron chi connectivity index (χ0n) is 14.2. The van der Waals surface area contributed by atoms with Gasteiger partial charge in [0.25, 0.3) is 0 Å². The van der Waals surface area contributed by atoms with Crippen LogP contribution in [0, 0.1) is 6.92 Å². The Balaban J connectivity index is 1.59. The lowest BCUT2D eigenvalue weighted by atomic mass is 10.0. The first kappa shape index (κ1) is 16.5. The van der Waals surface area contributed by atoms with Crippen LogP contribution in [0.4, 0.5) is 0 Å². The summed E-state index contributed by atoms with van der Waals surface area (Å²) in [5.74, 6) is 0.181. The second-order valence-corrected chi connectivity index (χ2v) is 6.97. The fraction of sp³-hybridized carbons (Fsp3) is 0.632. The van der Waals surface area contributed by atoms with Gasteiger partial charge in [-0.05, 0) is 57.8 Å². The molecule has 2 atom stereocenters. The van der Waals surface area contributed by atoms with E-state index in [2.05, 4.69) is 46.7 Å². The van der Waals surface area contributed by atoms with Crippen molar-refractivity contribution in [1.82, 2.24) is 15.5 Å². The molecule has 0 spiro atoms. The van der Waals surface area contributed by atoms with E-state index >= 15 is 0 Å². The molecule has 23 heavy (non-hydrogen) atoms. The number of carbonyl (C=O) groups excluding carboxylic acids is 1. The third kappa shape index (κ3) is 4.55. The number of nitrogens with one attached hydrogen (secondary N) is 2. The zero-order valence-corrected chi connectivity index (χ0v) is 14.2. The number of amides is 1. The molecule has 4 heteroatoms. The Morgan fingerprint density at radius 1 is 1.26 bits per heavy atom. The zero-order chi connectivity index (χ0) is 16.1. The van der Waals surface area contributed by atoms with Crippen LogP contribution in [-0.2, 0) is 4.79 Å². The quantitative estimate of drug-likeness (QED) is 0.847. The number of rotatable bonds is 6. The third-order valence-electron chi connectivity index (χ3n) is 5.13. The highest BCUT2D eigenvalue weighted by molar-refractivity contribution is 5.76. The maximum atomic E-state index is 12.2. The number of benzene rings is 1. The van der Waals surface area contributed by atoms with E-state index < -0.39 is 0 Å². The Morgan fingerprint density at radius 3 is 2.65 bits per heavy atom. The van der Waals surface area contributed by atoms with Gasteiger partial charge in [0.1, 0.15) is 0 Å². The standard InChI is InChI=1S/C19H29N3O/c1-15-6-8-16(9-7-15)18(22-11-2-3-12-22)14-21-19(23)13-17-5-4-10-20-17/h6-9,17-18,20H,2-5,10-14H2,1H3,(H,21,23). The highest BCUT2D eigenvalue weighted by Crippen LogP contribution is 2.25. The molecule has 2 unspecified atom stereocenters. The first-order chi connectivity index (χ1) is 11.2. The van der Waals surface area contributed by atoms with Gasteiger partial charge in [-0.2, -0.15) is 0 Å². The minimum absolute atomic E-state index is 0.181. The predicted molar refractivity (Wildman–Crippen MR) is 93.4 cm³/mol. The van der Waals surface area contributed by atoms with Crippen LogP contribution >= 0.6 is 0 Å². The molecular weight excluding hydrogens is 286 g/mol. The molecule has 1 aromatic carbocycles. The maximum absolute atomic E-state index is 12.2. The molecule has 4 nitrogen and oxygen atoms in total. The van der Waals surface area contributed by atoms with Crippen LogP contribution in [0.25, 0.3) is 0 Å². The van der Waals surface area contributed by atoms with Crippen molar-refractivity contribution in [1.29, 1.82) is 0 Å². The summed E-state index contributed by atoms with van der Waals surface area (Å²) in [5, 5.41) is 6.58. The Labute approximate surface area is 139 Å². The Hall–Kier alpha value is -1.39. The molecule has 2 aliphatic rings. The molecule has 0 bridgehead atoms. The number of carbonyl (C=O) groups is 1. The average Bonchev–Trinajstić information content (AvgIpc) is 3.23. The van der Waals surface area contributed by atoms with Crippen LogP contribution in [0.15, 0.2) is 24.3 Å². The summed E-state index contributed by atoms with van der Waals surface area (Å²) in [4.78, 5) is 14.7. The average molecular weight is 315 g/mol. The van der Waals surface area contributed by atoms with Crippen LogP contribution in [0.5, 0.6) is 0 Å². The van der Waals surface area contributed by atoms with Gasteiger partial charge < -0.3 is 10.6 Å². The molecular formula is C19H29N3O. The van der Waals surface area contributed by atoms with Crippen molar-refractivity contribution >= 4 is 5.91 Å². The van der Waals surface area contributed by atoms with Crippen LogP contribution in [0.1, 0.15) is 49.3 Å². The summed E-state index contributed by atoms with van der Waals surface area (Å²) < 4.78 is 0. The van der Waals surface area contributed by atoms with Crippen molar-refractivity contribution in [3.63, 3.8) is 0 Å². The van der Waals surface area contributed by atoms with E-state index in [-0.39, 0.29) is 5.91 Å². The van der Waals surface area contributed by atoms with Crippen molar-refractivity contribution in [2.75, 3.05) is 26.2 Å². The molecule has 2 heterocycles. The van der Waals surface area contributed by atoms with Crippen molar-refractivity contribution in [2.24, 2.45) is 0 Å². The summed E-state index contributed by atoms with van der Waals surface area (Å²) in [6, 6.07) is 9.44. The van der Waals surface area contributed by atoms with E-state index in [1.807, 2.05) is 0 Å². The first-order valence-corrected chi connectivity index (χ1v) is 9.03. The van der Waals surface area contributed by atoms with Crippen LogP contribution < -0.4 is 10.6 Å². The molecule has 0 saturated carbocycles. The highest BCUT2D eigenvalue weighted by atomic mass is 16.1. The monoisotopic (exact) mass is 315 g/mol. The van der Waals surface area contributed by atoms with Crippen molar-refractivity contribution < 1.29 is 4.79 Å². The number of likely N-dealkylation sites (tertiary alicyclic amines) is 1. The van der Waals surface area contributed by atoms with Crippen LogP contribution in [0.2, 0.25) is 0 Å². The van der Waals surface area contributed by atoms with Gasteiger partial charge >= 0.3 is 0 Å². The number of hydrogen-bond donors (Lipinski definition) is 2. The second-order valence-electron chi connectivity index (χ2n) is 6.97. The number of aryl methyl sites for hydroxylation is 1. The van der Waals surface area contributed by atoms with Gasteiger partial charge in [-0.25, -0.2) is 0 Å². The minimum Gasteiger partial charge on any atom is -0.354 e. The van der Waals surface area contributed by atoms with Gasteiger partial charge in [-0.3, -0.25) is 9.69 Å². The third-order valence-corrected chi connectivity index (χ3v) is 5.13. The fourth-order valence-electron chi connectivity index (χ4n) is 3.74. The number of hydrogen-bond acceptors (Lipinski definition) is 3. The van der Waals surface area contributed by atoms with Crippen molar-refractivity contribution in [3.05, 3.63) is 35.4 Å². The van der Waals surface area contributed by atoms with Crippen LogP contribution in [0.3, 0.4) is 0 Å². The molecule has 3 rings (SSSR count). The summed E-state index contributed by atoms with van der Waals surface area (Å²) in [6.07, 6.45) is 5.46. The lowest BCUT2D eigenvalue weighted by Gasteiger charge is -2.28. The largest absolute Gasteiger partial charge is 0.354 e. The summed E-state index contributed by atoms with van der Waals surface area (Å²) in [5.41, 5.74) is 2.60. The lowest BCUT2D eigenvalue weighted by Crippen LogP contribution is -2.38. The fourth-order valence-corrected chi connectivity index (χ4v) is 3.74. The van der Waals surface area contributed by atoms with E-state index in [1.54, 1.807) is 0 Å². The molecule has 2 aliphatic heterocycles. The van der Waals surface area contributed by atoms with Crippen LogP contribution in [-0.4, -0.2) is 43.0 Å². The molecule has 126 valence electrons. The summed E-state index contributed by atoms with van der Waals surface area (Å²) in [7, 11) is 0. The topological polar surface area (TPSA) is 44.4 Å². The van der Waals surface area contributed by atoms with Gasteiger partial charge in [-0.1, -0.05) is 29.8 Å². The van der Waals surface area contributed by atoms with Gasteiger partial charge in [-0.15, -0.1) is 0 Å². The molecule has 1 amide bonds. The van der Waals surface area contributed by atoms with E-state index in [1.165, 1.54) is 30.4 Å². The molecule has 2 N–H and O–H groups in total. The lowest BCUT2D eigenvalue weighted by molar-refractivity contribution is -0.121. The molecule has 0 aromatic heterocycles. The minimum atomic E-state index is 0.181. The molecule has 0 aliphatic carbocycles. The smallest absolute Gasteiger partial charge is 0.221 e. The van der Waals surface area contributed by atoms with Gasteiger partial charge in [0.05, 0.1) is 6.04 Å². The van der Waals surface area contributed by atoms with Gasteiger partial charge in [0.2, 0.25) is 5.91 Å². The Bertz CT molecular complexity index is 502. The van der Waals surface area contributed by atoms with Gasteiger partial charge in [0, 0.05) is 19.0 Å². The van der Waals surface area contributed by atoms with E-state index in [9.17, 15) is 4.79 Å². The SMILES string of the molecule is Cc1ccc(C(CNC(=O)CC2CCCN2)N2CCCC2)cc1. The van der Waals surface area contributed by atoms with Crippen molar-refractivity contribution in [2.45, 2.75) is 51.1 Å². The van der Waals surface area contributed by atoms with E-state index in [0.29, 0.717) is 25.0 Å². The predicted octanol–water partition coefficient (Wildman–Crippen LogP) is 2.39. The molecule has 2 fully saturated rings. The van der Waals surface area contributed by atoms with Crippen molar-refractivity contribution in [3.8, 4) is 0 Å². The first-order valence-electron chi connectivity index (χ1n) is 9.03. The second kappa shape index (κ2) is 7.93. The normalized spacial score (nSPS) is 23.1. The Morgan fingerprint density at radius 2 is 2.00 bits per heavy atom. The molecule has 0 radical (unpaired) electrons. The molecule has 2 saturated heterocycles. The van der Waals surface area contributed by atoms with Gasteiger partial charge in [0.15, 0.2) is 0 Å². The summed E-state index contributed by atoms with van der Waals surface area (Å²) in [6.45, 7) is 6.16. The highest BCUT2D eigenvalue weighted by Gasteiger charge is 2.24. The Kier molecular flexibility index (Phi) is 5.68.